The number of hydrogen-bond acceptors (Lipinski definition) is 1. The van der Waals surface area contributed by atoms with E-state index in [9.17, 15) is 4.79 Å². The minimum Gasteiger partial charge on any atom is -0.348 e. The Morgan fingerprint density at radius 2 is 1.78 bits per heavy atom. The van der Waals surface area contributed by atoms with Gasteiger partial charge in [0, 0.05) is 30.7 Å². The van der Waals surface area contributed by atoms with Gasteiger partial charge in [0.1, 0.15) is 0 Å². The molecule has 0 spiro atoms. The summed E-state index contributed by atoms with van der Waals surface area (Å²) >= 11 is 0. The number of urea groups is 1. The van der Waals surface area contributed by atoms with Crippen LogP contribution in [0.5, 0.6) is 0 Å². The topological polar surface area (TPSA) is 37.3 Å². The van der Waals surface area contributed by atoms with Crippen LogP contribution in [-0.2, 0) is 13.0 Å². The molecular formula is C23H25N3O. The van der Waals surface area contributed by atoms with Crippen LogP contribution in [-0.4, -0.2) is 22.0 Å². The number of amides is 2. The van der Waals surface area contributed by atoms with Gasteiger partial charge in [-0.05, 0) is 48.7 Å². The number of anilines is 1. The van der Waals surface area contributed by atoms with E-state index in [4.69, 9.17) is 0 Å². The number of carbonyl (C=O) groups excluding carboxylic acids is 1. The highest BCUT2D eigenvalue weighted by Gasteiger charge is 2.32. The summed E-state index contributed by atoms with van der Waals surface area (Å²) in [5, 5.41) is 3.07. The molecule has 3 aromatic rings. The van der Waals surface area contributed by atoms with Crippen molar-refractivity contribution in [1.29, 1.82) is 0 Å². The molecule has 2 aromatic carbocycles. The molecule has 4 rings (SSSR count). The maximum absolute atomic E-state index is 13.1. The lowest BCUT2D eigenvalue weighted by Gasteiger charge is -2.37. The lowest BCUT2D eigenvalue weighted by Crippen LogP contribution is -2.44. The quantitative estimate of drug-likeness (QED) is 0.702. The van der Waals surface area contributed by atoms with Crippen LogP contribution in [0.15, 0.2) is 66.9 Å². The lowest BCUT2D eigenvalue weighted by atomic mass is 9.99. The third-order valence-electron chi connectivity index (χ3n) is 5.31. The normalized spacial score (nSPS) is 16.1. The van der Waals surface area contributed by atoms with Gasteiger partial charge in [-0.3, -0.25) is 0 Å². The molecule has 0 aliphatic carbocycles. The fourth-order valence-electron chi connectivity index (χ4n) is 3.72. The zero-order valence-electron chi connectivity index (χ0n) is 15.9. The summed E-state index contributed by atoms with van der Waals surface area (Å²) in [6.45, 7) is 5.70. The molecule has 1 aliphatic rings. The SMILES string of the molecule is CCc1ccc(NC(=O)N2CCn3cccc3[C@@H]2c2ccc(C)cc2)cc1. The highest BCUT2D eigenvalue weighted by Crippen LogP contribution is 2.33. The van der Waals surface area contributed by atoms with Gasteiger partial charge in [0.15, 0.2) is 0 Å². The van der Waals surface area contributed by atoms with E-state index >= 15 is 0 Å². The van der Waals surface area contributed by atoms with Crippen LogP contribution < -0.4 is 5.32 Å². The number of carbonyl (C=O) groups is 1. The summed E-state index contributed by atoms with van der Waals surface area (Å²) in [6.07, 6.45) is 3.09. The van der Waals surface area contributed by atoms with E-state index in [1.165, 1.54) is 11.1 Å². The zero-order chi connectivity index (χ0) is 18.8. The van der Waals surface area contributed by atoms with E-state index in [2.05, 4.69) is 78.5 Å². The van der Waals surface area contributed by atoms with Gasteiger partial charge in [0.05, 0.1) is 6.04 Å². The Morgan fingerprint density at radius 3 is 2.48 bits per heavy atom. The molecule has 0 bridgehead atoms. The number of nitrogens with zero attached hydrogens (tertiary/aromatic N) is 2. The molecule has 1 aromatic heterocycles. The van der Waals surface area contributed by atoms with E-state index in [-0.39, 0.29) is 12.1 Å². The van der Waals surface area contributed by atoms with Crippen molar-refractivity contribution in [3.63, 3.8) is 0 Å². The van der Waals surface area contributed by atoms with Crippen molar-refractivity contribution < 1.29 is 4.79 Å². The minimum absolute atomic E-state index is 0.0581. The van der Waals surface area contributed by atoms with Gasteiger partial charge < -0.3 is 14.8 Å². The minimum atomic E-state index is -0.0794. The maximum atomic E-state index is 13.1. The average Bonchev–Trinajstić information content (AvgIpc) is 3.17. The van der Waals surface area contributed by atoms with Gasteiger partial charge in [0.2, 0.25) is 0 Å². The van der Waals surface area contributed by atoms with Crippen molar-refractivity contribution in [2.24, 2.45) is 0 Å². The molecule has 138 valence electrons. The van der Waals surface area contributed by atoms with Crippen LogP contribution in [0.2, 0.25) is 0 Å². The van der Waals surface area contributed by atoms with Crippen LogP contribution >= 0.6 is 0 Å². The summed E-state index contributed by atoms with van der Waals surface area (Å²) < 4.78 is 2.24. The highest BCUT2D eigenvalue weighted by molar-refractivity contribution is 5.90. The molecule has 27 heavy (non-hydrogen) atoms. The molecule has 0 radical (unpaired) electrons. The molecule has 0 unspecified atom stereocenters. The number of benzene rings is 2. The molecule has 1 atom stereocenters. The summed E-state index contributed by atoms with van der Waals surface area (Å²) in [4.78, 5) is 15.0. The van der Waals surface area contributed by atoms with Gasteiger partial charge >= 0.3 is 6.03 Å². The van der Waals surface area contributed by atoms with E-state index < -0.39 is 0 Å². The summed E-state index contributed by atoms with van der Waals surface area (Å²) in [6, 6.07) is 20.6. The number of aryl methyl sites for hydroxylation is 2. The predicted molar refractivity (Wildman–Crippen MR) is 109 cm³/mol. The van der Waals surface area contributed by atoms with E-state index in [1.54, 1.807) is 0 Å². The molecule has 0 fully saturated rings. The molecule has 1 N–H and O–H groups in total. The maximum Gasteiger partial charge on any atom is 0.322 e. The number of nitrogens with one attached hydrogen (secondary N) is 1. The molecule has 1 aliphatic heterocycles. The van der Waals surface area contributed by atoms with Crippen LogP contribution in [0, 0.1) is 6.92 Å². The molecular weight excluding hydrogens is 334 g/mol. The Bertz CT molecular complexity index is 925. The van der Waals surface area contributed by atoms with Gasteiger partial charge in [0.25, 0.3) is 0 Å². The number of rotatable bonds is 3. The van der Waals surface area contributed by atoms with E-state index in [1.807, 2.05) is 17.0 Å². The average molecular weight is 359 g/mol. The molecule has 2 amide bonds. The zero-order valence-corrected chi connectivity index (χ0v) is 15.9. The Kier molecular flexibility index (Phi) is 4.71. The fraction of sp³-hybridized carbons (Fsp3) is 0.261. The Labute approximate surface area is 160 Å². The number of aromatic nitrogens is 1. The second-order valence-electron chi connectivity index (χ2n) is 7.11. The van der Waals surface area contributed by atoms with Crippen molar-refractivity contribution in [2.45, 2.75) is 32.9 Å². The Morgan fingerprint density at radius 1 is 1.04 bits per heavy atom. The first-order valence-corrected chi connectivity index (χ1v) is 9.54. The highest BCUT2D eigenvalue weighted by atomic mass is 16.2. The van der Waals surface area contributed by atoms with Gasteiger partial charge in [-0.15, -0.1) is 0 Å². The van der Waals surface area contributed by atoms with Crippen molar-refractivity contribution in [2.75, 3.05) is 11.9 Å². The predicted octanol–water partition coefficient (Wildman–Crippen LogP) is 5.00. The third kappa shape index (κ3) is 3.47. The van der Waals surface area contributed by atoms with Gasteiger partial charge in [-0.1, -0.05) is 48.9 Å². The van der Waals surface area contributed by atoms with Crippen molar-refractivity contribution in [1.82, 2.24) is 9.47 Å². The first-order chi connectivity index (χ1) is 13.2. The standard InChI is InChI=1S/C23H25N3O/c1-3-18-8-12-20(13-9-18)24-23(27)26-16-15-25-14-4-5-21(25)22(26)19-10-6-17(2)7-11-19/h4-14,22H,3,15-16H2,1-2H3,(H,24,27)/t22-/m0/s1. The monoisotopic (exact) mass is 359 g/mol. The van der Waals surface area contributed by atoms with Gasteiger partial charge in [-0.25, -0.2) is 4.79 Å². The number of hydrogen-bond donors (Lipinski definition) is 1. The molecule has 0 saturated carbocycles. The molecule has 4 nitrogen and oxygen atoms in total. The Hall–Kier alpha value is -3.01. The molecule has 2 heterocycles. The second kappa shape index (κ2) is 7.31. The van der Waals surface area contributed by atoms with E-state index in [0.29, 0.717) is 6.54 Å². The van der Waals surface area contributed by atoms with Crippen LogP contribution in [0.3, 0.4) is 0 Å². The lowest BCUT2D eigenvalue weighted by molar-refractivity contribution is 0.182. The van der Waals surface area contributed by atoms with Crippen molar-refractivity contribution >= 4 is 11.7 Å². The smallest absolute Gasteiger partial charge is 0.322 e. The third-order valence-corrected chi connectivity index (χ3v) is 5.31. The first kappa shape index (κ1) is 17.4. The molecule has 4 heteroatoms. The summed E-state index contributed by atoms with van der Waals surface area (Å²) in [7, 11) is 0. The summed E-state index contributed by atoms with van der Waals surface area (Å²) in [5.41, 5.74) is 5.61. The van der Waals surface area contributed by atoms with Crippen LogP contribution in [0.4, 0.5) is 10.5 Å². The second-order valence-corrected chi connectivity index (χ2v) is 7.11. The molecule has 0 saturated heterocycles. The van der Waals surface area contributed by atoms with Crippen molar-refractivity contribution in [3.05, 3.63) is 89.2 Å². The Balaban J connectivity index is 1.63. The van der Waals surface area contributed by atoms with Gasteiger partial charge in [-0.2, -0.15) is 0 Å². The number of fused-ring (bicyclic) bond motifs is 1. The summed E-state index contributed by atoms with van der Waals surface area (Å²) in [5.74, 6) is 0. The van der Waals surface area contributed by atoms with Crippen LogP contribution in [0.1, 0.15) is 35.3 Å². The van der Waals surface area contributed by atoms with Crippen LogP contribution in [0.25, 0.3) is 0 Å². The fourth-order valence-corrected chi connectivity index (χ4v) is 3.72. The van der Waals surface area contributed by atoms with Crippen molar-refractivity contribution in [3.8, 4) is 0 Å². The first-order valence-electron chi connectivity index (χ1n) is 9.54. The largest absolute Gasteiger partial charge is 0.348 e. The van der Waals surface area contributed by atoms with E-state index in [0.717, 1.165) is 29.9 Å².